The molecule has 1 aliphatic heterocycles. The lowest BCUT2D eigenvalue weighted by molar-refractivity contribution is -0.385. The lowest BCUT2D eigenvalue weighted by atomic mass is 9.94. The number of hydrogen-bond acceptors (Lipinski definition) is 8. The molecule has 152 valence electrons. The van der Waals surface area contributed by atoms with Gasteiger partial charge in [-0.3, -0.25) is 19.7 Å². The van der Waals surface area contributed by atoms with E-state index in [1.54, 1.807) is 0 Å². The molecule has 1 unspecified atom stereocenters. The monoisotopic (exact) mass is 402 g/mol. The van der Waals surface area contributed by atoms with Crippen LogP contribution in [0.25, 0.3) is 0 Å². The van der Waals surface area contributed by atoms with Gasteiger partial charge in [-0.2, -0.15) is 0 Å². The van der Waals surface area contributed by atoms with E-state index in [2.05, 4.69) is 0 Å². The normalized spacial score (nSPS) is 16.5. The highest BCUT2D eigenvalue weighted by Gasteiger charge is 2.46. The molecule has 1 atom stereocenters. The summed E-state index contributed by atoms with van der Waals surface area (Å²) < 4.78 is 10.3. The van der Waals surface area contributed by atoms with Gasteiger partial charge >= 0.3 is 0 Å². The number of benzene rings is 1. The number of Topliss-reactive ketones (excluding diaryl/α,β-unsaturated/α-hetero) is 1. The van der Waals surface area contributed by atoms with Crippen LogP contribution in [0.4, 0.5) is 5.69 Å². The first kappa shape index (κ1) is 20.2. The van der Waals surface area contributed by atoms with Gasteiger partial charge in [-0.05, 0) is 18.2 Å². The lowest BCUT2D eigenvalue weighted by Crippen LogP contribution is -2.34. The molecule has 3 rings (SSSR count). The van der Waals surface area contributed by atoms with Crippen LogP contribution in [0.5, 0.6) is 0 Å². The zero-order valence-corrected chi connectivity index (χ0v) is 15.2. The van der Waals surface area contributed by atoms with E-state index in [0.717, 1.165) is 4.90 Å². The van der Waals surface area contributed by atoms with E-state index < -0.39 is 28.4 Å². The summed E-state index contributed by atoms with van der Waals surface area (Å²) in [6, 6.07) is 7.33. The third-order valence-electron chi connectivity index (χ3n) is 4.43. The summed E-state index contributed by atoms with van der Waals surface area (Å²) in [6.45, 7) is -0.240. The SMILES string of the molecule is O=C(C1=C(O)C(=O)N(CCOCCO)C1c1ccccc1[N+](=O)[O-])c1ccco1. The number of para-hydroxylation sites is 1. The van der Waals surface area contributed by atoms with Crippen molar-refractivity contribution in [3.63, 3.8) is 0 Å². The number of aliphatic hydroxyl groups is 2. The predicted octanol–water partition coefficient (Wildman–Crippen LogP) is 1.77. The second-order valence-corrected chi connectivity index (χ2v) is 6.12. The van der Waals surface area contributed by atoms with Crippen molar-refractivity contribution in [3.05, 3.63) is 75.4 Å². The molecule has 0 saturated heterocycles. The third-order valence-corrected chi connectivity index (χ3v) is 4.43. The average molecular weight is 402 g/mol. The van der Waals surface area contributed by atoms with Gasteiger partial charge in [-0.25, -0.2) is 0 Å². The van der Waals surface area contributed by atoms with Crippen molar-refractivity contribution in [3.8, 4) is 0 Å². The molecule has 0 fully saturated rings. The second kappa shape index (κ2) is 8.67. The minimum atomic E-state index is -1.19. The number of nitrogens with zero attached hydrogens (tertiary/aromatic N) is 2. The van der Waals surface area contributed by atoms with E-state index in [4.69, 9.17) is 14.3 Å². The maximum Gasteiger partial charge on any atom is 0.290 e. The number of aliphatic hydroxyl groups excluding tert-OH is 2. The molecule has 1 amide bonds. The molecule has 1 aromatic carbocycles. The Morgan fingerprint density at radius 1 is 1.24 bits per heavy atom. The summed E-state index contributed by atoms with van der Waals surface area (Å²) in [4.78, 5) is 37.6. The fraction of sp³-hybridized carbons (Fsp3) is 0.263. The smallest absolute Gasteiger partial charge is 0.290 e. The number of ketones is 1. The number of carbonyl (C=O) groups is 2. The van der Waals surface area contributed by atoms with Crippen LogP contribution in [-0.2, 0) is 9.53 Å². The maximum atomic E-state index is 12.9. The van der Waals surface area contributed by atoms with Gasteiger partial charge in [0.15, 0.2) is 11.5 Å². The summed E-state index contributed by atoms with van der Waals surface area (Å²) >= 11 is 0. The van der Waals surface area contributed by atoms with Crippen molar-refractivity contribution in [2.24, 2.45) is 0 Å². The first-order valence-corrected chi connectivity index (χ1v) is 8.71. The lowest BCUT2D eigenvalue weighted by Gasteiger charge is -2.26. The number of carbonyl (C=O) groups excluding carboxylic acids is 2. The zero-order valence-electron chi connectivity index (χ0n) is 15.2. The standard InChI is InChI=1S/C19H18N2O8/c22-8-11-28-10-7-20-16(12-4-1-2-5-13(12)21(26)27)15(18(24)19(20)25)17(23)14-6-3-9-29-14/h1-6,9,16,22,24H,7-8,10-11H2. The first-order valence-electron chi connectivity index (χ1n) is 8.71. The Bertz CT molecular complexity index is 951. The number of nitro benzene ring substituents is 1. The molecule has 0 bridgehead atoms. The number of hydrogen-bond donors (Lipinski definition) is 2. The molecule has 0 radical (unpaired) electrons. The summed E-state index contributed by atoms with van der Waals surface area (Å²) in [5, 5.41) is 30.8. The summed E-state index contributed by atoms with van der Waals surface area (Å²) in [5.41, 5.74) is -0.528. The van der Waals surface area contributed by atoms with Crippen molar-refractivity contribution in [2.75, 3.05) is 26.4 Å². The number of rotatable bonds is 9. The molecule has 2 N–H and O–H groups in total. The Balaban J connectivity index is 2.07. The van der Waals surface area contributed by atoms with Crippen LogP contribution in [0.15, 0.2) is 58.4 Å². The topological polar surface area (TPSA) is 143 Å². The van der Waals surface area contributed by atoms with Gasteiger partial charge in [0, 0.05) is 12.6 Å². The van der Waals surface area contributed by atoms with E-state index in [0.29, 0.717) is 0 Å². The van der Waals surface area contributed by atoms with Crippen molar-refractivity contribution in [2.45, 2.75) is 6.04 Å². The van der Waals surface area contributed by atoms with Crippen molar-refractivity contribution < 1.29 is 33.9 Å². The molecule has 2 heterocycles. The fourth-order valence-electron chi connectivity index (χ4n) is 3.19. The maximum absolute atomic E-state index is 12.9. The van der Waals surface area contributed by atoms with Crippen LogP contribution in [0.2, 0.25) is 0 Å². The highest BCUT2D eigenvalue weighted by atomic mass is 16.6. The van der Waals surface area contributed by atoms with E-state index >= 15 is 0 Å². The fourth-order valence-corrected chi connectivity index (χ4v) is 3.19. The summed E-state index contributed by atoms with van der Waals surface area (Å²) in [7, 11) is 0. The Hall–Kier alpha value is -3.50. The molecule has 10 nitrogen and oxygen atoms in total. The van der Waals surface area contributed by atoms with Gasteiger partial charge in [-0.1, -0.05) is 12.1 Å². The van der Waals surface area contributed by atoms with Crippen molar-refractivity contribution in [1.82, 2.24) is 4.90 Å². The van der Waals surface area contributed by atoms with Crippen LogP contribution in [-0.4, -0.2) is 58.1 Å². The minimum absolute atomic E-state index is 0.00106. The van der Waals surface area contributed by atoms with Gasteiger partial charge in [0.2, 0.25) is 5.78 Å². The van der Waals surface area contributed by atoms with Gasteiger partial charge in [0.05, 0.1) is 48.2 Å². The van der Waals surface area contributed by atoms with E-state index in [1.807, 2.05) is 0 Å². The summed E-state index contributed by atoms with van der Waals surface area (Å²) in [5.74, 6) is -2.50. The molecule has 0 saturated carbocycles. The second-order valence-electron chi connectivity index (χ2n) is 6.12. The van der Waals surface area contributed by atoms with Crippen LogP contribution in [0.3, 0.4) is 0 Å². The highest BCUT2D eigenvalue weighted by Crippen LogP contribution is 2.42. The molecular formula is C19H18N2O8. The number of amides is 1. The predicted molar refractivity (Wildman–Crippen MR) is 98.1 cm³/mol. The Kier molecular flexibility index (Phi) is 6.05. The van der Waals surface area contributed by atoms with Gasteiger partial charge < -0.3 is 24.3 Å². The number of ether oxygens (including phenoxy) is 1. The van der Waals surface area contributed by atoms with E-state index in [9.17, 15) is 24.8 Å². The van der Waals surface area contributed by atoms with Gasteiger partial charge in [0.1, 0.15) is 0 Å². The van der Waals surface area contributed by atoms with Gasteiger partial charge in [-0.15, -0.1) is 0 Å². The Morgan fingerprint density at radius 2 is 2.00 bits per heavy atom. The highest BCUT2D eigenvalue weighted by molar-refractivity contribution is 6.15. The number of furan rings is 1. The number of nitro groups is 1. The molecule has 1 aliphatic rings. The molecule has 0 aliphatic carbocycles. The van der Waals surface area contributed by atoms with Gasteiger partial charge in [0.25, 0.3) is 11.6 Å². The first-order chi connectivity index (χ1) is 14.0. The molecular weight excluding hydrogens is 384 g/mol. The summed E-state index contributed by atoms with van der Waals surface area (Å²) in [6.07, 6.45) is 1.27. The van der Waals surface area contributed by atoms with Crippen LogP contribution >= 0.6 is 0 Å². The van der Waals surface area contributed by atoms with Crippen LogP contribution in [0.1, 0.15) is 22.2 Å². The third kappa shape index (κ3) is 3.89. The molecule has 29 heavy (non-hydrogen) atoms. The van der Waals surface area contributed by atoms with Crippen LogP contribution < -0.4 is 0 Å². The molecule has 0 spiro atoms. The minimum Gasteiger partial charge on any atom is -0.503 e. The molecule has 1 aromatic heterocycles. The quantitative estimate of drug-likeness (QED) is 0.280. The molecule has 2 aromatic rings. The average Bonchev–Trinajstić information content (AvgIpc) is 3.33. The Labute approximate surface area is 164 Å². The van der Waals surface area contributed by atoms with Crippen LogP contribution in [0, 0.1) is 10.1 Å². The molecule has 10 heteroatoms. The van der Waals surface area contributed by atoms with E-state index in [-0.39, 0.29) is 48.9 Å². The van der Waals surface area contributed by atoms with Crippen molar-refractivity contribution >= 4 is 17.4 Å². The largest absolute Gasteiger partial charge is 0.503 e. The van der Waals surface area contributed by atoms with E-state index in [1.165, 1.54) is 42.7 Å². The van der Waals surface area contributed by atoms with Crippen molar-refractivity contribution in [1.29, 1.82) is 0 Å². The Morgan fingerprint density at radius 3 is 2.66 bits per heavy atom. The zero-order chi connectivity index (χ0) is 21.0.